The highest BCUT2D eigenvalue weighted by Gasteiger charge is 2.24. The van der Waals surface area contributed by atoms with Crippen LogP contribution < -0.4 is 5.32 Å². The summed E-state index contributed by atoms with van der Waals surface area (Å²) in [6, 6.07) is 0.201. The molecule has 1 saturated heterocycles. The van der Waals surface area contributed by atoms with Gasteiger partial charge in [-0.2, -0.15) is 0 Å². The molecule has 1 fully saturated rings. The molecule has 1 aromatic heterocycles. The third-order valence-corrected chi connectivity index (χ3v) is 5.21. The van der Waals surface area contributed by atoms with Crippen molar-refractivity contribution in [1.29, 1.82) is 0 Å². The van der Waals surface area contributed by atoms with Gasteiger partial charge in [-0.05, 0) is 26.2 Å². The van der Waals surface area contributed by atoms with E-state index < -0.39 is 9.84 Å². The molecule has 2 heterocycles. The summed E-state index contributed by atoms with van der Waals surface area (Å²) in [5.74, 6) is 1.37. The predicted octanol–water partition coefficient (Wildman–Crippen LogP) is 1.30. The second-order valence-corrected chi connectivity index (χ2v) is 7.37. The van der Waals surface area contributed by atoms with E-state index in [-0.39, 0.29) is 17.5 Å². The molecule has 1 N–H and O–H groups in total. The normalized spacial score (nSPS) is 19.1. The predicted molar refractivity (Wildman–Crippen MR) is 78.6 cm³/mol. The molecule has 0 aromatic carbocycles. The quantitative estimate of drug-likeness (QED) is 0.768. The van der Waals surface area contributed by atoms with Gasteiger partial charge in [0.05, 0.1) is 11.5 Å². The summed E-state index contributed by atoms with van der Waals surface area (Å²) < 4.78 is 30.2. The summed E-state index contributed by atoms with van der Waals surface area (Å²) >= 11 is 0. The third-order valence-electron chi connectivity index (χ3n) is 3.50. The molecular weight excluding hydrogens is 278 g/mol. The van der Waals surface area contributed by atoms with Gasteiger partial charge >= 0.3 is 0 Å². The van der Waals surface area contributed by atoms with Crippen molar-refractivity contribution >= 4 is 15.8 Å². The van der Waals surface area contributed by atoms with Crippen molar-refractivity contribution in [2.75, 3.05) is 30.0 Å². The van der Waals surface area contributed by atoms with Gasteiger partial charge in [0.15, 0.2) is 0 Å². The summed E-state index contributed by atoms with van der Waals surface area (Å²) in [6.45, 7) is 4.33. The van der Waals surface area contributed by atoms with Crippen molar-refractivity contribution in [3.8, 4) is 0 Å². The summed E-state index contributed by atoms with van der Waals surface area (Å²) in [7, 11) is -2.81. The average Bonchev–Trinajstić information content (AvgIpc) is 2.85. The number of rotatable bonds is 7. The lowest BCUT2D eigenvalue weighted by Gasteiger charge is -2.23. The number of aromatic nitrogens is 2. The molecule has 2 rings (SSSR count). The molecule has 0 amide bonds. The Morgan fingerprint density at radius 3 is 2.90 bits per heavy atom. The van der Waals surface area contributed by atoms with Gasteiger partial charge in [0.2, 0.25) is 5.95 Å². The van der Waals surface area contributed by atoms with Gasteiger partial charge in [-0.25, -0.2) is 13.4 Å². The molecule has 0 unspecified atom stereocenters. The highest BCUT2D eigenvalue weighted by Crippen LogP contribution is 2.17. The van der Waals surface area contributed by atoms with Crippen LogP contribution in [0.5, 0.6) is 0 Å². The van der Waals surface area contributed by atoms with Crippen molar-refractivity contribution < 1.29 is 13.2 Å². The van der Waals surface area contributed by atoms with Crippen molar-refractivity contribution in [2.45, 2.75) is 38.8 Å². The number of hydrogen-bond acceptors (Lipinski definition) is 5. The molecule has 0 saturated carbocycles. The second-order valence-electron chi connectivity index (χ2n) is 5.07. The molecule has 1 aromatic rings. The van der Waals surface area contributed by atoms with E-state index in [0.29, 0.717) is 12.8 Å². The van der Waals surface area contributed by atoms with Crippen molar-refractivity contribution in [2.24, 2.45) is 0 Å². The number of nitrogens with one attached hydrogen (secondary N) is 1. The van der Waals surface area contributed by atoms with Crippen LogP contribution in [0.25, 0.3) is 0 Å². The van der Waals surface area contributed by atoms with E-state index >= 15 is 0 Å². The standard InChI is InChI=1S/C13H23N3O3S/c1-2-19-9-3-7-16-8-6-14-13(16)15-12-4-10-20(17,18)11-5-12/h6,8,12H,2-5,7,9-11H2,1H3,(H,14,15). The first kappa shape index (κ1) is 15.3. The van der Waals surface area contributed by atoms with Crippen LogP contribution in [0.4, 0.5) is 5.95 Å². The van der Waals surface area contributed by atoms with Crippen molar-refractivity contribution in [3.63, 3.8) is 0 Å². The fraction of sp³-hybridized carbons (Fsp3) is 0.769. The van der Waals surface area contributed by atoms with E-state index in [1.165, 1.54) is 0 Å². The lowest BCUT2D eigenvalue weighted by Crippen LogP contribution is -2.33. The summed E-state index contributed by atoms with van der Waals surface area (Å²) in [5, 5.41) is 3.35. The van der Waals surface area contributed by atoms with Crippen LogP contribution in [0.15, 0.2) is 12.4 Å². The smallest absolute Gasteiger partial charge is 0.202 e. The minimum absolute atomic E-state index is 0.201. The van der Waals surface area contributed by atoms with Crippen LogP contribution in [-0.2, 0) is 21.1 Å². The van der Waals surface area contributed by atoms with Gasteiger partial charge in [-0.3, -0.25) is 0 Å². The molecular formula is C13H23N3O3S. The van der Waals surface area contributed by atoms with Gasteiger partial charge < -0.3 is 14.6 Å². The molecule has 0 bridgehead atoms. The molecule has 0 spiro atoms. The monoisotopic (exact) mass is 301 g/mol. The average molecular weight is 301 g/mol. The van der Waals surface area contributed by atoms with Crippen LogP contribution in [-0.4, -0.2) is 48.7 Å². The van der Waals surface area contributed by atoms with Gasteiger partial charge in [-0.15, -0.1) is 0 Å². The van der Waals surface area contributed by atoms with Crippen LogP contribution in [0.1, 0.15) is 26.2 Å². The molecule has 20 heavy (non-hydrogen) atoms. The van der Waals surface area contributed by atoms with Gasteiger partial charge in [-0.1, -0.05) is 0 Å². The van der Waals surface area contributed by atoms with Crippen LogP contribution in [0, 0.1) is 0 Å². The number of aryl methyl sites for hydroxylation is 1. The molecule has 0 atom stereocenters. The maximum absolute atomic E-state index is 11.4. The zero-order valence-electron chi connectivity index (χ0n) is 11.9. The molecule has 7 heteroatoms. The maximum Gasteiger partial charge on any atom is 0.202 e. The number of ether oxygens (including phenoxy) is 1. The third kappa shape index (κ3) is 4.49. The first-order chi connectivity index (χ1) is 9.61. The molecule has 0 radical (unpaired) electrons. The Morgan fingerprint density at radius 2 is 2.20 bits per heavy atom. The Balaban J connectivity index is 1.83. The minimum Gasteiger partial charge on any atom is -0.382 e. The van der Waals surface area contributed by atoms with E-state index in [1.807, 2.05) is 13.1 Å². The van der Waals surface area contributed by atoms with Gasteiger partial charge in [0, 0.05) is 38.2 Å². The summed E-state index contributed by atoms with van der Waals surface area (Å²) in [6.07, 6.45) is 5.97. The largest absolute Gasteiger partial charge is 0.382 e. The lowest BCUT2D eigenvalue weighted by molar-refractivity contribution is 0.142. The van der Waals surface area contributed by atoms with Crippen LogP contribution in [0.2, 0.25) is 0 Å². The van der Waals surface area contributed by atoms with Crippen LogP contribution in [0.3, 0.4) is 0 Å². The first-order valence-corrected chi connectivity index (χ1v) is 8.98. The lowest BCUT2D eigenvalue weighted by atomic mass is 10.2. The fourth-order valence-electron chi connectivity index (χ4n) is 2.33. The Bertz CT molecular complexity index is 499. The topological polar surface area (TPSA) is 73.2 Å². The summed E-state index contributed by atoms with van der Waals surface area (Å²) in [4.78, 5) is 4.31. The van der Waals surface area contributed by atoms with Crippen LogP contribution >= 0.6 is 0 Å². The van der Waals surface area contributed by atoms with E-state index in [0.717, 1.165) is 32.1 Å². The first-order valence-electron chi connectivity index (χ1n) is 7.16. The highest BCUT2D eigenvalue weighted by molar-refractivity contribution is 7.91. The van der Waals surface area contributed by atoms with E-state index in [4.69, 9.17) is 4.74 Å². The SMILES string of the molecule is CCOCCCn1ccnc1NC1CCS(=O)(=O)CC1. The minimum atomic E-state index is -2.81. The molecule has 0 aliphatic carbocycles. The number of imidazole rings is 1. The fourth-order valence-corrected chi connectivity index (χ4v) is 3.82. The number of hydrogen-bond donors (Lipinski definition) is 1. The molecule has 1 aliphatic rings. The van der Waals surface area contributed by atoms with Gasteiger partial charge in [0.25, 0.3) is 0 Å². The highest BCUT2D eigenvalue weighted by atomic mass is 32.2. The number of anilines is 1. The van der Waals surface area contributed by atoms with Gasteiger partial charge in [0.1, 0.15) is 9.84 Å². The molecule has 1 aliphatic heterocycles. The molecule has 6 nitrogen and oxygen atoms in total. The van der Waals surface area contributed by atoms with Crippen molar-refractivity contribution in [1.82, 2.24) is 9.55 Å². The van der Waals surface area contributed by atoms with Crippen molar-refractivity contribution in [3.05, 3.63) is 12.4 Å². The number of nitrogens with zero attached hydrogens (tertiary/aromatic N) is 2. The second kappa shape index (κ2) is 7.08. The van der Waals surface area contributed by atoms with E-state index in [2.05, 4.69) is 14.9 Å². The Kier molecular flexibility index (Phi) is 5.42. The Morgan fingerprint density at radius 1 is 1.45 bits per heavy atom. The van der Waals surface area contributed by atoms with E-state index in [9.17, 15) is 8.42 Å². The Labute approximate surface area is 120 Å². The zero-order valence-corrected chi connectivity index (χ0v) is 12.7. The molecule has 114 valence electrons. The zero-order chi connectivity index (χ0) is 14.4. The maximum atomic E-state index is 11.4. The summed E-state index contributed by atoms with van der Waals surface area (Å²) in [5.41, 5.74) is 0. The van der Waals surface area contributed by atoms with E-state index in [1.54, 1.807) is 6.20 Å². The number of sulfone groups is 1. The Hall–Kier alpha value is -1.08.